The number of carbonyl (C=O) groups excluding carboxylic acids is 1. The highest BCUT2D eigenvalue weighted by molar-refractivity contribution is 5.89. The van der Waals surface area contributed by atoms with Crippen molar-refractivity contribution in [3.05, 3.63) is 65.7 Å². The maximum Gasteiger partial charge on any atom is 0.319 e. The van der Waals surface area contributed by atoms with Crippen LogP contribution < -0.4 is 10.6 Å². The van der Waals surface area contributed by atoms with Gasteiger partial charge in [-0.25, -0.2) is 4.79 Å². The molecule has 4 heteroatoms. The van der Waals surface area contributed by atoms with Crippen LogP contribution in [-0.4, -0.2) is 23.8 Å². The molecule has 2 aromatic rings. The van der Waals surface area contributed by atoms with E-state index in [0.717, 1.165) is 16.8 Å². The van der Waals surface area contributed by atoms with Gasteiger partial charge in [-0.3, -0.25) is 0 Å². The van der Waals surface area contributed by atoms with Crippen LogP contribution in [0.25, 0.3) is 0 Å². The first-order valence-electron chi connectivity index (χ1n) is 6.97. The van der Waals surface area contributed by atoms with Crippen LogP contribution in [0.1, 0.15) is 11.1 Å². The van der Waals surface area contributed by atoms with E-state index in [0.29, 0.717) is 6.42 Å². The summed E-state index contributed by atoms with van der Waals surface area (Å²) in [6, 6.07) is 17.0. The first kappa shape index (κ1) is 15.1. The number of hydrogen-bond donors (Lipinski definition) is 3. The van der Waals surface area contributed by atoms with Crippen LogP contribution in [0.4, 0.5) is 10.5 Å². The lowest BCUT2D eigenvalue weighted by atomic mass is 10.1. The van der Waals surface area contributed by atoms with Crippen molar-refractivity contribution < 1.29 is 9.90 Å². The van der Waals surface area contributed by atoms with Crippen LogP contribution in [0, 0.1) is 6.92 Å². The number of urea groups is 1. The molecule has 0 saturated carbocycles. The third kappa shape index (κ3) is 5.28. The van der Waals surface area contributed by atoms with Crippen LogP contribution in [0.2, 0.25) is 0 Å². The molecule has 1 atom stereocenters. The maximum absolute atomic E-state index is 11.7. The van der Waals surface area contributed by atoms with Gasteiger partial charge in [-0.2, -0.15) is 0 Å². The highest BCUT2D eigenvalue weighted by Gasteiger charge is 2.08. The fraction of sp³-hybridized carbons (Fsp3) is 0.235. The monoisotopic (exact) mass is 284 g/mol. The Morgan fingerprint density at radius 2 is 1.90 bits per heavy atom. The van der Waals surface area contributed by atoms with Gasteiger partial charge in [0, 0.05) is 18.7 Å². The topological polar surface area (TPSA) is 61.4 Å². The molecular weight excluding hydrogens is 264 g/mol. The average molecular weight is 284 g/mol. The molecule has 2 rings (SSSR count). The highest BCUT2D eigenvalue weighted by atomic mass is 16.3. The van der Waals surface area contributed by atoms with Crippen molar-refractivity contribution in [3.63, 3.8) is 0 Å². The Morgan fingerprint density at radius 1 is 1.14 bits per heavy atom. The van der Waals surface area contributed by atoms with Crippen molar-refractivity contribution >= 4 is 11.7 Å². The number of anilines is 1. The second-order valence-electron chi connectivity index (χ2n) is 5.05. The number of hydrogen-bond acceptors (Lipinski definition) is 2. The molecule has 0 heterocycles. The summed E-state index contributed by atoms with van der Waals surface area (Å²) in [5, 5.41) is 15.3. The zero-order valence-electron chi connectivity index (χ0n) is 12.0. The molecule has 0 bridgehead atoms. The molecule has 4 nitrogen and oxygen atoms in total. The van der Waals surface area contributed by atoms with Gasteiger partial charge in [-0.1, -0.05) is 42.5 Å². The normalized spacial score (nSPS) is 11.7. The zero-order chi connectivity index (χ0) is 15.1. The van der Waals surface area contributed by atoms with Gasteiger partial charge in [0.15, 0.2) is 0 Å². The molecule has 1 unspecified atom stereocenters. The van der Waals surface area contributed by atoms with Crippen LogP contribution in [0.3, 0.4) is 0 Å². The van der Waals surface area contributed by atoms with Gasteiger partial charge in [0.2, 0.25) is 0 Å². The minimum absolute atomic E-state index is 0.215. The van der Waals surface area contributed by atoms with Crippen molar-refractivity contribution in [2.75, 3.05) is 11.9 Å². The fourth-order valence-corrected chi connectivity index (χ4v) is 2.07. The number of benzene rings is 2. The number of rotatable bonds is 5. The molecule has 0 aromatic heterocycles. The fourth-order valence-electron chi connectivity index (χ4n) is 2.07. The zero-order valence-corrected chi connectivity index (χ0v) is 12.0. The predicted octanol–water partition coefficient (Wildman–Crippen LogP) is 2.72. The summed E-state index contributed by atoms with van der Waals surface area (Å²) in [6.45, 7) is 2.18. The van der Waals surface area contributed by atoms with E-state index < -0.39 is 6.10 Å². The number of aryl methyl sites for hydroxylation is 1. The number of nitrogens with one attached hydrogen (secondary N) is 2. The van der Waals surface area contributed by atoms with Gasteiger partial charge >= 0.3 is 6.03 Å². The number of amides is 2. The van der Waals surface area contributed by atoms with Gasteiger partial charge in [-0.05, 0) is 30.2 Å². The van der Waals surface area contributed by atoms with Gasteiger partial charge in [0.1, 0.15) is 0 Å². The van der Waals surface area contributed by atoms with Crippen LogP contribution >= 0.6 is 0 Å². The lowest BCUT2D eigenvalue weighted by Crippen LogP contribution is -2.36. The first-order valence-corrected chi connectivity index (χ1v) is 6.97. The number of carbonyl (C=O) groups is 1. The Kier molecular flexibility index (Phi) is 5.35. The standard InChI is InChI=1S/C17H20N2O2/c1-13-6-5-9-15(10-13)19-17(21)18-12-16(20)11-14-7-3-2-4-8-14/h2-10,16,20H,11-12H2,1H3,(H2,18,19,21). The first-order chi connectivity index (χ1) is 10.1. The molecule has 0 aliphatic carbocycles. The molecule has 21 heavy (non-hydrogen) atoms. The Hall–Kier alpha value is -2.33. The van der Waals surface area contributed by atoms with Crippen molar-refractivity contribution in [1.82, 2.24) is 5.32 Å². The SMILES string of the molecule is Cc1cccc(NC(=O)NCC(O)Cc2ccccc2)c1. The van der Waals surface area contributed by atoms with Crippen LogP contribution in [0.15, 0.2) is 54.6 Å². The van der Waals surface area contributed by atoms with Crippen molar-refractivity contribution in [2.24, 2.45) is 0 Å². The second kappa shape index (κ2) is 7.45. The molecule has 0 radical (unpaired) electrons. The summed E-state index contributed by atoms with van der Waals surface area (Å²) in [6.07, 6.45) is -0.0818. The number of aliphatic hydroxyl groups is 1. The van der Waals surface area contributed by atoms with E-state index >= 15 is 0 Å². The van der Waals surface area contributed by atoms with E-state index in [4.69, 9.17) is 0 Å². The molecule has 3 N–H and O–H groups in total. The van der Waals surface area contributed by atoms with E-state index in [9.17, 15) is 9.90 Å². The average Bonchev–Trinajstić information content (AvgIpc) is 2.46. The predicted molar refractivity (Wildman–Crippen MR) is 84.4 cm³/mol. The number of aliphatic hydroxyl groups excluding tert-OH is 1. The second-order valence-corrected chi connectivity index (χ2v) is 5.05. The summed E-state index contributed by atoms with van der Waals surface area (Å²) in [4.78, 5) is 11.7. The molecule has 2 amide bonds. The summed E-state index contributed by atoms with van der Waals surface area (Å²) >= 11 is 0. The molecule has 2 aromatic carbocycles. The van der Waals surface area contributed by atoms with Crippen LogP contribution in [0.5, 0.6) is 0 Å². The van der Waals surface area contributed by atoms with Crippen molar-refractivity contribution in [1.29, 1.82) is 0 Å². The third-order valence-corrected chi connectivity index (χ3v) is 3.09. The summed E-state index contributed by atoms with van der Waals surface area (Å²) in [7, 11) is 0. The molecule has 0 saturated heterocycles. The molecule has 110 valence electrons. The Labute approximate surface area is 124 Å². The Morgan fingerprint density at radius 3 is 2.62 bits per heavy atom. The summed E-state index contributed by atoms with van der Waals surface area (Å²) in [5.41, 5.74) is 2.87. The minimum atomic E-state index is -0.601. The smallest absolute Gasteiger partial charge is 0.319 e. The van der Waals surface area contributed by atoms with Crippen molar-refractivity contribution in [2.45, 2.75) is 19.4 Å². The van der Waals surface area contributed by atoms with Gasteiger partial charge in [-0.15, -0.1) is 0 Å². The van der Waals surface area contributed by atoms with E-state index in [1.165, 1.54) is 0 Å². The van der Waals surface area contributed by atoms with E-state index in [1.54, 1.807) is 0 Å². The third-order valence-electron chi connectivity index (χ3n) is 3.09. The van der Waals surface area contributed by atoms with Crippen molar-refractivity contribution in [3.8, 4) is 0 Å². The Balaban J connectivity index is 1.76. The van der Waals surface area contributed by atoms with E-state index in [-0.39, 0.29) is 12.6 Å². The highest BCUT2D eigenvalue weighted by Crippen LogP contribution is 2.09. The largest absolute Gasteiger partial charge is 0.391 e. The molecule has 0 fully saturated rings. The van der Waals surface area contributed by atoms with Crippen LogP contribution in [-0.2, 0) is 6.42 Å². The van der Waals surface area contributed by atoms with Gasteiger partial charge < -0.3 is 15.7 Å². The molecule has 0 spiro atoms. The minimum Gasteiger partial charge on any atom is -0.391 e. The maximum atomic E-state index is 11.7. The molecule has 0 aliphatic rings. The molecule has 0 aliphatic heterocycles. The quantitative estimate of drug-likeness (QED) is 0.790. The summed E-state index contributed by atoms with van der Waals surface area (Å²) in [5.74, 6) is 0. The molecular formula is C17H20N2O2. The van der Waals surface area contributed by atoms with Gasteiger partial charge in [0.25, 0.3) is 0 Å². The van der Waals surface area contributed by atoms with E-state index in [1.807, 2.05) is 61.5 Å². The van der Waals surface area contributed by atoms with E-state index in [2.05, 4.69) is 10.6 Å². The Bertz CT molecular complexity index is 584. The lowest BCUT2D eigenvalue weighted by molar-refractivity contribution is 0.172. The van der Waals surface area contributed by atoms with Gasteiger partial charge in [0.05, 0.1) is 6.10 Å². The summed E-state index contributed by atoms with van der Waals surface area (Å²) < 4.78 is 0. The lowest BCUT2D eigenvalue weighted by Gasteiger charge is -2.13.